The van der Waals surface area contributed by atoms with Gasteiger partial charge in [0.25, 0.3) is 0 Å². The van der Waals surface area contributed by atoms with Crippen LogP contribution in [-0.4, -0.2) is 35.1 Å². The summed E-state index contributed by atoms with van der Waals surface area (Å²) < 4.78 is 0. The van der Waals surface area contributed by atoms with Gasteiger partial charge in [-0.3, -0.25) is 4.79 Å². The van der Waals surface area contributed by atoms with Crippen molar-refractivity contribution in [1.29, 1.82) is 0 Å². The third-order valence-corrected chi connectivity index (χ3v) is 5.79. The molecule has 1 saturated heterocycles. The van der Waals surface area contributed by atoms with Gasteiger partial charge >= 0.3 is 5.97 Å². The van der Waals surface area contributed by atoms with Gasteiger partial charge in [0.2, 0.25) is 0 Å². The van der Waals surface area contributed by atoms with Crippen LogP contribution in [0.2, 0.25) is 0 Å². The molecular weight excluding hydrogens is 250 g/mol. The van der Waals surface area contributed by atoms with E-state index in [-0.39, 0.29) is 0 Å². The summed E-state index contributed by atoms with van der Waals surface area (Å²) in [5.41, 5.74) is -0.427. The highest BCUT2D eigenvalue weighted by atomic mass is 16.4. The summed E-state index contributed by atoms with van der Waals surface area (Å²) in [7, 11) is 0. The van der Waals surface area contributed by atoms with Gasteiger partial charge in [0.1, 0.15) is 0 Å². The van der Waals surface area contributed by atoms with Crippen LogP contribution in [0.25, 0.3) is 0 Å². The van der Waals surface area contributed by atoms with E-state index < -0.39 is 11.4 Å². The Bertz CT molecular complexity index is 321. The molecule has 2 aliphatic rings. The third kappa shape index (κ3) is 3.36. The van der Waals surface area contributed by atoms with Crippen molar-refractivity contribution in [2.45, 2.75) is 77.7 Å². The highest BCUT2D eigenvalue weighted by molar-refractivity contribution is 5.74. The maximum absolute atomic E-state index is 11.6. The molecule has 0 aromatic rings. The van der Waals surface area contributed by atoms with Crippen molar-refractivity contribution in [3.8, 4) is 0 Å². The van der Waals surface area contributed by atoms with Gasteiger partial charge in [-0.05, 0) is 51.1 Å². The minimum absolute atomic E-state index is 0.427. The molecule has 2 fully saturated rings. The Morgan fingerprint density at radius 3 is 2.50 bits per heavy atom. The first-order chi connectivity index (χ1) is 9.61. The van der Waals surface area contributed by atoms with E-state index in [9.17, 15) is 9.90 Å². The monoisotopic (exact) mass is 281 g/mol. The molecule has 2 rings (SSSR count). The fraction of sp³-hybridized carbons (Fsp3) is 0.941. The number of aliphatic carboxylic acids is 1. The molecule has 0 aromatic heterocycles. The molecule has 3 nitrogen and oxygen atoms in total. The van der Waals surface area contributed by atoms with E-state index in [2.05, 4.69) is 18.7 Å². The number of hydrogen-bond acceptors (Lipinski definition) is 2. The summed E-state index contributed by atoms with van der Waals surface area (Å²) in [4.78, 5) is 14.2. The summed E-state index contributed by atoms with van der Waals surface area (Å²) in [5, 5.41) is 9.58. The quantitative estimate of drug-likeness (QED) is 0.830. The van der Waals surface area contributed by atoms with Crippen LogP contribution in [-0.2, 0) is 4.79 Å². The van der Waals surface area contributed by atoms with Gasteiger partial charge in [0, 0.05) is 6.04 Å². The molecule has 0 aromatic carbocycles. The molecule has 1 heterocycles. The molecule has 2 atom stereocenters. The fourth-order valence-electron chi connectivity index (χ4n) is 4.33. The lowest BCUT2D eigenvalue weighted by Crippen LogP contribution is -2.49. The molecule has 2 unspecified atom stereocenters. The van der Waals surface area contributed by atoms with Crippen LogP contribution in [0.4, 0.5) is 0 Å². The molecule has 116 valence electrons. The summed E-state index contributed by atoms with van der Waals surface area (Å²) in [5.74, 6) is 0.338. The lowest BCUT2D eigenvalue weighted by Gasteiger charge is -2.44. The van der Waals surface area contributed by atoms with Crippen molar-refractivity contribution in [1.82, 2.24) is 4.90 Å². The fourth-order valence-corrected chi connectivity index (χ4v) is 4.33. The van der Waals surface area contributed by atoms with Crippen molar-refractivity contribution >= 4 is 5.97 Å². The number of hydrogen-bond donors (Lipinski definition) is 1. The second-order valence-corrected chi connectivity index (χ2v) is 6.97. The Morgan fingerprint density at radius 1 is 1.25 bits per heavy atom. The van der Waals surface area contributed by atoms with E-state index in [0.717, 1.165) is 50.7 Å². The predicted molar refractivity (Wildman–Crippen MR) is 81.8 cm³/mol. The summed E-state index contributed by atoms with van der Waals surface area (Å²) >= 11 is 0. The van der Waals surface area contributed by atoms with E-state index in [4.69, 9.17) is 0 Å². The average Bonchev–Trinajstić information content (AvgIpc) is 2.48. The molecule has 0 amide bonds. The van der Waals surface area contributed by atoms with Crippen LogP contribution in [0.15, 0.2) is 0 Å². The zero-order valence-electron chi connectivity index (χ0n) is 13.2. The van der Waals surface area contributed by atoms with Crippen molar-refractivity contribution < 1.29 is 9.90 Å². The van der Waals surface area contributed by atoms with Crippen molar-refractivity contribution in [3.05, 3.63) is 0 Å². The lowest BCUT2D eigenvalue weighted by atomic mass is 9.74. The van der Waals surface area contributed by atoms with E-state index in [1.807, 2.05) is 0 Å². The summed E-state index contributed by atoms with van der Waals surface area (Å²) in [6.45, 7) is 6.39. The Morgan fingerprint density at radius 2 is 1.95 bits per heavy atom. The maximum atomic E-state index is 11.6. The standard InChI is InChI=1S/C17H31NO2/c1-3-8-17(16(19)20)9-11-18(12-10-17)15-7-5-6-14(4-2)13-15/h14-15H,3-13H2,1-2H3,(H,19,20). The molecule has 0 bridgehead atoms. The van der Waals surface area contributed by atoms with Crippen LogP contribution < -0.4 is 0 Å². The number of nitrogens with zero attached hydrogens (tertiary/aromatic N) is 1. The third-order valence-electron chi connectivity index (χ3n) is 5.79. The molecule has 3 heteroatoms. The van der Waals surface area contributed by atoms with Gasteiger partial charge in [-0.2, -0.15) is 0 Å². The first-order valence-corrected chi connectivity index (χ1v) is 8.58. The smallest absolute Gasteiger partial charge is 0.309 e. The van der Waals surface area contributed by atoms with Crippen LogP contribution in [0, 0.1) is 11.3 Å². The molecule has 0 radical (unpaired) electrons. The van der Waals surface area contributed by atoms with Gasteiger partial charge in [0.05, 0.1) is 5.41 Å². The largest absolute Gasteiger partial charge is 0.481 e. The SMILES string of the molecule is CCCC1(C(=O)O)CCN(C2CCCC(CC)C2)CC1. The minimum atomic E-state index is -0.561. The molecular formula is C17H31NO2. The van der Waals surface area contributed by atoms with E-state index in [1.54, 1.807) is 0 Å². The minimum Gasteiger partial charge on any atom is -0.481 e. The van der Waals surface area contributed by atoms with Crippen LogP contribution in [0.5, 0.6) is 0 Å². The van der Waals surface area contributed by atoms with Crippen molar-refractivity contribution in [3.63, 3.8) is 0 Å². The molecule has 1 N–H and O–H groups in total. The highest BCUT2D eigenvalue weighted by Crippen LogP contribution is 2.39. The lowest BCUT2D eigenvalue weighted by molar-refractivity contribution is -0.153. The van der Waals surface area contributed by atoms with Gasteiger partial charge in [-0.1, -0.05) is 39.5 Å². The molecule has 1 saturated carbocycles. The summed E-state index contributed by atoms with van der Waals surface area (Å²) in [6, 6.07) is 0.724. The topological polar surface area (TPSA) is 40.5 Å². The number of likely N-dealkylation sites (tertiary alicyclic amines) is 1. The number of carbonyl (C=O) groups is 1. The number of carboxylic acids is 1. The van der Waals surface area contributed by atoms with Gasteiger partial charge in [0.15, 0.2) is 0 Å². The van der Waals surface area contributed by atoms with Gasteiger partial charge in [-0.15, -0.1) is 0 Å². The Labute approximate surface area is 123 Å². The highest BCUT2D eigenvalue weighted by Gasteiger charge is 2.42. The zero-order valence-corrected chi connectivity index (χ0v) is 13.2. The number of piperidine rings is 1. The molecule has 1 aliphatic carbocycles. The molecule has 20 heavy (non-hydrogen) atoms. The van der Waals surface area contributed by atoms with E-state index in [0.29, 0.717) is 0 Å². The van der Waals surface area contributed by atoms with Gasteiger partial charge in [-0.25, -0.2) is 0 Å². The predicted octanol–water partition coefficient (Wildman–Crippen LogP) is 3.92. The first-order valence-electron chi connectivity index (χ1n) is 8.58. The number of carboxylic acid groups (broad SMARTS) is 1. The van der Waals surface area contributed by atoms with E-state index >= 15 is 0 Å². The maximum Gasteiger partial charge on any atom is 0.309 e. The molecule has 1 aliphatic heterocycles. The Kier molecular flexibility index (Phi) is 5.48. The van der Waals surface area contributed by atoms with E-state index in [1.165, 1.54) is 32.1 Å². The van der Waals surface area contributed by atoms with Crippen molar-refractivity contribution in [2.24, 2.45) is 11.3 Å². The first kappa shape index (κ1) is 15.8. The van der Waals surface area contributed by atoms with Crippen LogP contribution in [0.3, 0.4) is 0 Å². The number of rotatable bonds is 5. The normalized spacial score (nSPS) is 31.1. The second-order valence-electron chi connectivity index (χ2n) is 6.97. The zero-order chi connectivity index (χ0) is 14.6. The Balaban J connectivity index is 1.91. The van der Waals surface area contributed by atoms with Crippen molar-refractivity contribution in [2.75, 3.05) is 13.1 Å². The summed E-state index contributed by atoms with van der Waals surface area (Å²) in [6.07, 6.45) is 10.3. The molecule has 0 spiro atoms. The van der Waals surface area contributed by atoms with Crippen LogP contribution in [0.1, 0.15) is 71.6 Å². The second kappa shape index (κ2) is 6.93. The average molecular weight is 281 g/mol. The van der Waals surface area contributed by atoms with Crippen LogP contribution >= 0.6 is 0 Å². The Hall–Kier alpha value is -0.570. The van der Waals surface area contributed by atoms with Gasteiger partial charge < -0.3 is 10.0 Å².